The number of pyridine rings is 1. The zero-order chi connectivity index (χ0) is 39.6. The predicted molar refractivity (Wildman–Crippen MR) is 201 cm³/mol. The van der Waals surface area contributed by atoms with Crippen molar-refractivity contribution >= 4 is 47.4 Å². The number of anilines is 1. The molecule has 0 radical (unpaired) electrons. The highest BCUT2D eigenvalue weighted by Gasteiger charge is 2.38. The van der Waals surface area contributed by atoms with Gasteiger partial charge >= 0.3 is 12.1 Å². The average molecular weight is 801 g/mol. The van der Waals surface area contributed by atoms with Crippen LogP contribution in [0.1, 0.15) is 46.0 Å². The Balaban J connectivity index is 0.00000187. The topological polar surface area (TPSA) is 151 Å². The summed E-state index contributed by atoms with van der Waals surface area (Å²) in [6.45, 7) is 2.28. The molecule has 1 N–H and O–H groups in total. The molecule has 0 saturated carbocycles. The van der Waals surface area contributed by atoms with E-state index in [-0.39, 0.29) is 58.5 Å². The number of halogens is 3. The van der Waals surface area contributed by atoms with Gasteiger partial charge in [0.25, 0.3) is 6.47 Å². The first-order valence-corrected chi connectivity index (χ1v) is 17.9. The summed E-state index contributed by atoms with van der Waals surface area (Å²) in [5.41, 5.74) is 1.73. The molecule has 2 atom stereocenters. The van der Waals surface area contributed by atoms with E-state index in [1.54, 1.807) is 48.5 Å². The first-order chi connectivity index (χ1) is 26.5. The van der Waals surface area contributed by atoms with Gasteiger partial charge in [-0.2, -0.15) is 4.73 Å². The second-order valence-electron chi connectivity index (χ2n) is 12.7. The molecule has 16 heteroatoms. The first-order valence-electron chi connectivity index (χ1n) is 17.2. The Morgan fingerprint density at radius 1 is 0.982 bits per heavy atom. The zero-order valence-electron chi connectivity index (χ0n) is 30.3. The molecule has 1 amide bonds. The molecule has 3 aromatic carbocycles. The number of ether oxygens (including phenoxy) is 5. The number of carboxylic acid groups (broad SMARTS) is 1. The minimum atomic E-state index is -0.908. The van der Waals surface area contributed by atoms with E-state index in [4.69, 9.17) is 56.8 Å². The summed E-state index contributed by atoms with van der Waals surface area (Å²) in [6.07, 6.45) is 2.36. The van der Waals surface area contributed by atoms with Crippen LogP contribution in [0.2, 0.25) is 10.0 Å². The van der Waals surface area contributed by atoms with Crippen molar-refractivity contribution in [3.63, 3.8) is 0 Å². The third-order valence-corrected chi connectivity index (χ3v) is 10.2. The Bertz CT molecular complexity index is 1960. The first kappa shape index (κ1) is 40.9. The van der Waals surface area contributed by atoms with Crippen LogP contribution < -0.4 is 23.8 Å². The average Bonchev–Trinajstić information content (AvgIpc) is 3.18. The third kappa shape index (κ3) is 9.87. The van der Waals surface area contributed by atoms with E-state index < -0.39 is 24.0 Å². The second-order valence-corrected chi connectivity index (χ2v) is 13.6. The Labute approximate surface area is 327 Å². The highest BCUT2D eigenvalue weighted by atomic mass is 35.5. The van der Waals surface area contributed by atoms with Crippen LogP contribution in [-0.4, -0.2) is 75.6 Å². The molecule has 1 aromatic heterocycles. The van der Waals surface area contributed by atoms with Gasteiger partial charge in [0.2, 0.25) is 0 Å². The highest BCUT2D eigenvalue weighted by molar-refractivity contribution is 6.35. The van der Waals surface area contributed by atoms with Crippen molar-refractivity contribution in [1.82, 2.24) is 4.90 Å². The summed E-state index contributed by atoms with van der Waals surface area (Å²) < 4.78 is 44.2. The van der Waals surface area contributed by atoms with Crippen molar-refractivity contribution in [2.75, 3.05) is 45.9 Å². The van der Waals surface area contributed by atoms with E-state index in [0.717, 1.165) is 25.9 Å². The van der Waals surface area contributed by atoms with Crippen molar-refractivity contribution in [2.24, 2.45) is 5.92 Å². The molecule has 7 rings (SSSR count). The van der Waals surface area contributed by atoms with Crippen molar-refractivity contribution in [3.05, 3.63) is 116 Å². The summed E-state index contributed by atoms with van der Waals surface area (Å²) in [7, 11) is 4.40. The standard InChI is InChI=1S/C38H38Cl2FN3O8.CH2O2/c1-48-31-12-11-26(17-34(31)50-3)33(18-27-28(39)20-43(47)21-29(27)40)51-37(45)25-9-7-23(8-10-25)19-44(36-30(41)5-4-6-32(36)49-2)38(46)52-35-22-42-15-13-24(35)14-16-42;2-1-3/h4-12,17,20-21,24,33,35H,13-16,18-19,22H2,1-3H3;1H,(H,2,3)/t33-,35-;/m0./s1. The fourth-order valence-corrected chi connectivity index (χ4v) is 7.31. The van der Waals surface area contributed by atoms with Gasteiger partial charge in [-0.25, -0.2) is 14.0 Å². The number of para-hydroxylation sites is 1. The van der Waals surface area contributed by atoms with Gasteiger partial charge in [0.15, 0.2) is 29.7 Å². The van der Waals surface area contributed by atoms with Crippen molar-refractivity contribution in [3.8, 4) is 17.2 Å². The lowest BCUT2D eigenvalue weighted by Crippen LogP contribution is -2.53. The number of methoxy groups -OCH3 is 3. The minimum Gasteiger partial charge on any atom is -0.619 e. The summed E-state index contributed by atoms with van der Waals surface area (Å²) in [4.78, 5) is 39.3. The number of carbonyl (C=O) groups is 3. The van der Waals surface area contributed by atoms with Crippen molar-refractivity contribution in [1.29, 1.82) is 0 Å². The van der Waals surface area contributed by atoms with Gasteiger partial charge in [0.1, 0.15) is 33.7 Å². The van der Waals surface area contributed by atoms with Crippen LogP contribution in [0.5, 0.6) is 17.2 Å². The Kier molecular flexibility index (Phi) is 14.0. The summed E-state index contributed by atoms with van der Waals surface area (Å²) in [6, 6.07) is 15.8. The SMILES string of the molecule is COc1ccc([C@H](Cc2c(Cl)c[n+]([O-])cc2Cl)OC(=O)c2ccc(CN(C(=O)O[C@H]3CN4CCC3CC4)c3c(F)cccc3OC)cc2)cc1OC.O=CO. The van der Waals surface area contributed by atoms with E-state index in [9.17, 15) is 14.8 Å². The van der Waals surface area contributed by atoms with Crippen LogP contribution in [0.25, 0.3) is 0 Å². The lowest BCUT2D eigenvalue weighted by Gasteiger charge is -2.44. The number of fused-ring (bicyclic) bond motifs is 3. The van der Waals surface area contributed by atoms with Crippen LogP contribution in [0.15, 0.2) is 73.1 Å². The normalized spacial score (nSPS) is 17.5. The lowest BCUT2D eigenvalue weighted by molar-refractivity contribution is -0.605. The van der Waals surface area contributed by atoms with Crippen LogP contribution in [0.4, 0.5) is 14.9 Å². The fourth-order valence-electron chi connectivity index (χ4n) is 6.71. The van der Waals surface area contributed by atoms with E-state index in [1.165, 1.54) is 50.8 Å². The monoisotopic (exact) mass is 799 g/mol. The number of hydrogen-bond acceptors (Lipinski definition) is 10. The van der Waals surface area contributed by atoms with Gasteiger partial charge in [0.05, 0.1) is 33.4 Å². The van der Waals surface area contributed by atoms with Gasteiger partial charge in [-0.1, -0.05) is 47.5 Å². The molecule has 4 heterocycles. The number of esters is 1. The molecule has 13 nitrogen and oxygen atoms in total. The molecule has 3 aliphatic rings. The van der Waals surface area contributed by atoms with E-state index in [0.29, 0.717) is 39.5 Å². The smallest absolute Gasteiger partial charge is 0.415 e. The molecule has 4 aromatic rings. The van der Waals surface area contributed by atoms with E-state index in [1.807, 2.05) is 0 Å². The summed E-state index contributed by atoms with van der Waals surface area (Å²) >= 11 is 12.8. The predicted octanol–water partition coefficient (Wildman–Crippen LogP) is 6.87. The van der Waals surface area contributed by atoms with Crippen LogP contribution in [-0.2, 0) is 27.2 Å². The molecule has 3 aliphatic heterocycles. The minimum absolute atomic E-state index is 0.0406. The molecule has 3 saturated heterocycles. The van der Waals surface area contributed by atoms with Crippen LogP contribution >= 0.6 is 23.2 Å². The number of aromatic nitrogens is 1. The van der Waals surface area contributed by atoms with Gasteiger partial charge in [-0.15, -0.1) is 0 Å². The molecular formula is C39H40Cl2FN3O10. The molecule has 2 bridgehead atoms. The molecule has 0 spiro atoms. The Morgan fingerprint density at radius 3 is 2.20 bits per heavy atom. The van der Waals surface area contributed by atoms with E-state index >= 15 is 4.39 Å². The quantitative estimate of drug-likeness (QED) is 0.0692. The lowest BCUT2D eigenvalue weighted by atomic mass is 9.86. The van der Waals surface area contributed by atoms with Crippen molar-refractivity contribution in [2.45, 2.75) is 38.0 Å². The number of rotatable bonds is 12. The zero-order valence-corrected chi connectivity index (χ0v) is 31.8. The molecule has 0 aliphatic carbocycles. The maximum Gasteiger partial charge on any atom is 0.415 e. The number of amides is 1. The highest BCUT2D eigenvalue weighted by Crippen LogP contribution is 2.37. The number of piperidine rings is 3. The number of benzene rings is 3. The number of nitrogens with zero attached hydrogens (tertiary/aromatic N) is 3. The van der Waals surface area contributed by atoms with Crippen molar-refractivity contribution < 1.29 is 52.3 Å². The molecule has 0 unspecified atom stereocenters. The molecule has 55 heavy (non-hydrogen) atoms. The summed E-state index contributed by atoms with van der Waals surface area (Å²) in [5.74, 6) is 0.0124. The van der Waals surface area contributed by atoms with E-state index in [2.05, 4.69) is 4.90 Å². The van der Waals surface area contributed by atoms with Crippen LogP contribution in [0, 0.1) is 16.9 Å². The molecule has 292 valence electrons. The molecular weight excluding hydrogens is 760 g/mol. The number of hydrogen-bond donors (Lipinski definition) is 1. The maximum atomic E-state index is 15.4. The van der Waals surface area contributed by atoms with Crippen LogP contribution in [0.3, 0.4) is 0 Å². The maximum absolute atomic E-state index is 15.4. The molecule has 3 fully saturated rings. The van der Waals surface area contributed by atoms with Gasteiger partial charge in [0, 0.05) is 18.5 Å². The number of carbonyl (C=O) groups excluding carboxylic acids is 2. The summed E-state index contributed by atoms with van der Waals surface area (Å²) in [5, 5.41) is 19.0. The fraction of sp³-hybridized carbons (Fsp3) is 0.333. The van der Waals surface area contributed by atoms with Gasteiger partial charge < -0.3 is 34.0 Å². The Morgan fingerprint density at radius 2 is 1.62 bits per heavy atom. The second kappa shape index (κ2) is 18.8. The largest absolute Gasteiger partial charge is 0.619 e. The third-order valence-electron chi connectivity index (χ3n) is 9.51. The van der Waals surface area contributed by atoms with Gasteiger partial charge in [-0.05, 0) is 79.4 Å². The van der Waals surface area contributed by atoms with Gasteiger partial charge in [-0.3, -0.25) is 14.6 Å². The Hall–Kier alpha value is -5.31.